The molecule has 2 N–H and O–H groups in total. The van der Waals surface area contributed by atoms with Crippen molar-refractivity contribution >= 4 is 29.1 Å². The lowest BCUT2D eigenvalue weighted by atomic mass is 10.3. The quantitative estimate of drug-likeness (QED) is 0.607. The van der Waals surface area contributed by atoms with Gasteiger partial charge in [0.2, 0.25) is 0 Å². The van der Waals surface area contributed by atoms with Gasteiger partial charge in [0.25, 0.3) is 0 Å². The molecule has 1 rings (SSSR count). The molecule has 1 nitrogen and oxygen atoms in total. The number of anilines is 1. The van der Waals surface area contributed by atoms with E-state index >= 15 is 0 Å². The molecule has 4 heteroatoms. The second-order valence-electron chi connectivity index (χ2n) is 2.22. The Kier molecular flexibility index (Phi) is 3.69. The molecule has 66 valence electrons. The highest BCUT2D eigenvalue weighted by molar-refractivity contribution is 7.99. The fraction of sp³-hybridized carbons (Fsp3) is 0.250. The number of rotatable bonds is 3. The van der Waals surface area contributed by atoms with E-state index in [2.05, 4.69) is 0 Å². The van der Waals surface area contributed by atoms with E-state index in [-0.39, 0.29) is 6.67 Å². The highest BCUT2D eigenvalue weighted by Gasteiger charge is 1.98. The van der Waals surface area contributed by atoms with E-state index in [1.54, 1.807) is 12.1 Å². The number of halogens is 2. The van der Waals surface area contributed by atoms with Gasteiger partial charge in [-0.05, 0) is 18.2 Å². The number of thioether (sulfide) groups is 1. The fourth-order valence-electron chi connectivity index (χ4n) is 0.754. The van der Waals surface area contributed by atoms with E-state index in [1.807, 2.05) is 6.07 Å². The highest BCUT2D eigenvalue weighted by Crippen LogP contribution is 2.25. The maximum absolute atomic E-state index is 11.8. The third-order valence-electron chi connectivity index (χ3n) is 1.32. The van der Waals surface area contributed by atoms with Crippen LogP contribution in [0.25, 0.3) is 0 Å². The van der Waals surface area contributed by atoms with E-state index in [9.17, 15) is 4.39 Å². The molecule has 0 fully saturated rings. The normalized spacial score (nSPS) is 10.2. The van der Waals surface area contributed by atoms with Crippen LogP contribution in [0.4, 0.5) is 10.1 Å². The first-order valence-corrected chi connectivity index (χ1v) is 4.84. The van der Waals surface area contributed by atoms with Crippen LogP contribution < -0.4 is 5.73 Å². The first-order chi connectivity index (χ1) is 5.74. The summed E-state index contributed by atoms with van der Waals surface area (Å²) < 4.78 is 11.8. The third-order valence-corrected chi connectivity index (χ3v) is 2.59. The second kappa shape index (κ2) is 4.58. The van der Waals surface area contributed by atoms with Crippen molar-refractivity contribution in [3.8, 4) is 0 Å². The van der Waals surface area contributed by atoms with E-state index in [4.69, 9.17) is 17.3 Å². The van der Waals surface area contributed by atoms with Crippen LogP contribution in [0.2, 0.25) is 5.02 Å². The Morgan fingerprint density at radius 2 is 2.25 bits per heavy atom. The Bertz CT molecular complexity index is 267. The molecule has 0 radical (unpaired) electrons. The molecule has 0 saturated heterocycles. The zero-order valence-electron chi connectivity index (χ0n) is 6.39. The fourth-order valence-corrected chi connectivity index (χ4v) is 1.68. The van der Waals surface area contributed by atoms with E-state index in [1.165, 1.54) is 11.8 Å². The van der Waals surface area contributed by atoms with Crippen LogP contribution in [-0.2, 0) is 0 Å². The monoisotopic (exact) mass is 205 g/mol. The lowest BCUT2D eigenvalue weighted by Crippen LogP contribution is -1.86. The SMILES string of the molecule is Nc1ccc(SCCF)cc1Cl. The lowest BCUT2D eigenvalue weighted by Gasteiger charge is -2.01. The molecule has 1 aromatic rings. The van der Waals surface area contributed by atoms with Crippen LogP contribution in [0, 0.1) is 0 Å². The largest absolute Gasteiger partial charge is 0.398 e. The first-order valence-electron chi connectivity index (χ1n) is 3.48. The zero-order chi connectivity index (χ0) is 8.97. The molecular weight excluding hydrogens is 197 g/mol. The minimum Gasteiger partial charge on any atom is -0.398 e. The standard InChI is InChI=1S/C8H9ClFNS/c9-7-5-6(12-4-3-10)1-2-8(7)11/h1-2,5H,3-4,11H2. The van der Waals surface area contributed by atoms with Crippen molar-refractivity contribution in [1.29, 1.82) is 0 Å². The maximum atomic E-state index is 11.8. The molecule has 0 bridgehead atoms. The van der Waals surface area contributed by atoms with Gasteiger partial charge in [0.15, 0.2) is 0 Å². The van der Waals surface area contributed by atoms with Crippen molar-refractivity contribution in [2.24, 2.45) is 0 Å². The van der Waals surface area contributed by atoms with Gasteiger partial charge < -0.3 is 5.73 Å². The summed E-state index contributed by atoms with van der Waals surface area (Å²) in [6.07, 6.45) is 0. The minimum atomic E-state index is -0.327. The summed E-state index contributed by atoms with van der Waals surface area (Å²) >= 11 is 7.19. The number of nitrogen functional groups attached to an aromatic ring is 1. The number of benzene rings is 1. The number of alkyl halides is 1. The molecule has 0 unspecified atom stereocenters. The molecule has 0 aliphatic rings. The Morgan fingerprint density at radius 3 is 2.83 bits per heavy atom. The summed E-state index contributed by atoms with van der Waals surface area (Å²) in [6.45, 7) is -0.327. The predicted octanol–water partition coefficient (Wildman–Crippen LogP) is 2.98. The van der Waals surface area contributed by atoms with Gasteiger partial charge in [-0.25, -0.2) is 0 Å². The Morgan fingerprint density at radius 1 is 1.50 bits per heavy atom. The van der Waals surface area contributed by atoms with Gasteiger partial charge in [-0.2, -0.15) is 0 Å². The minimum absolute atomic E-state index is 0.327. The average molecular weight is 206 g/mol. The van der Waals surface area contributed by atoms with E-state index < -0.39 is 0 Å². The molecular formula is C8H9ClFNS. The summed E-state index contributed by atoms with van der Waals surface area (Å²) in [5, 5.41) is 0.527. The molecule has 12 heavy (non-hydrogen) atoms. The van der Waals surface area contributed by atoms with Crippen molar-refractivity contribution in [3.05, 3.63) is 23.2 Å². The number of nitrogens with two attached hydrogens (primary N) is 1. The van der Waals surface area contributed by atoms with Crippen molar-refractivity contribution in [1.82, 2.24) is 0 Å². The summed E-state index contributed by atoms with van der Waals surface area (Å²) in [4.78, 5) is 0.951. The molecule has 0 heterocycles. The van der Waals surface area contributed by atoms with Gasteiger partial charge in [0.05, 0.1) is 17.4 Å². The zero-order valence-corrected chi connectivity index (χ0v) is 7.96. The van der Waals surface area contributed by atoms with E-state index in [0.717, 1.165) is 4.90 Å². The second-order valence-corrected chi connectivity index (χ2v) is 3.80. The van der Waals surface area contributed by atoms with Crippen LogP contribution in [0.3, 0.4) is 0 Å². The number of hydrogen-bond acceptors (Lipinski definition) is 2. The average Bonchev–Trinajstić information content (AvgIpc) is 2.07. The van der Waals surface area contributed by atoms with Crippen LogP contribution in [-0.4, -0.2) is 12.4 Å². The Hall–Kier alpha value is -0.410. The maximum Gasteiger partial charge on any atom is 0.0988 e. The first kappa shape index (κ1) is 9.68. The lowest BCUT2D eigenvalue weighted by molar-refractivity contribution is 0.533. The van der Waals surface area contributed by atoms with Gasteiger partial charge in [-0.15, -0.1) is 11.8 Å². The molecule has 0 spiro atoms. The van der Waals surface area contributed by atoms with Gasteiger partial charge >= 0.3 is 0 Å². The predicted molar refractivity (Wildman–Crippen MR) is 52.6 cm³/mol. The molecule has 1 aromatic carbocycles. The summed E-state index contributed by atoms with van der Waals surface area (Å²) in [6, 6.07) is 5.31. The Balaban J connectivity index is 2.69. The molecule has 0 amide bonds. The van der Waals surface area contributed by atoms with Crippen molar-refractivity contribution in [2.45, 2.75) is 4.90 Å². The van der Waals surface area contributed by atoms with Gasteiger partial charge in [-0.3, -0.25) is 4.39 Å². The highest BCUT2D eigenvalue weighted by atomic mass is 35.5. The Labute approximate surface area is 80.1 Å². The van der Waals surface area contributed by atoms with Crippen LogP contribution in [0.5, 0.6) is 0 Å². The van der Waals surface area contributed by atoms with Crippen LogP contribution >= 0.6 is 23.4 Å². The van der Waals surface area contributed by atoms with Crippen molar-refractivity contribution in [2.75, 3.05) is 18.2 Å². The summed E-state index contributed by atoms with van der Waals surface area (Å²) in [5.74, 6) is 0.459. The molecule has 0 aliphatic heterocycles. The van der Waals surface area contributed by atoms with Crippen LogP contribution in [0.15, 0.2) is 23.1 Å². The summed E-state index contributed by atoms with van der Waals surface area (Å²) in [5.41, 5.74) is 6.06. The topological polar surface area (TPSA) is 26.0 Å². The molecule has 0 aromatic heterocycles. The van der Waals surface area contributed by atoms with Gasteiger partial charge in [0, 0.05) is 10.6 Å². The van der Waals surface area contributed by atoms with Crippen molar-refractivity contribution in [3.63, 3.8) is 0 Å². The third kappa shape index (κ3) is 2.57. The molecule has 0 atom stereocenters. The van der Waals surface area contributed by atoms with Crippen LogP contribution in [0.1, 0.15) is 0 Å². The van der Waals surface area contributed by atoms with E-state index in [0.29, 0.717) is 16.5 Å². The van der Waals surface area contributed by atoms with Gasteiger partial charge in [0.1, 0.15) is 0 Å². The summed E-state index contributed by atoms with van der Waals surface area (Å²) in [7, 11) is 0. The van der Waals surface area contributed by atoms with Crippen molar-refractivity contribution < 1.29 is 4.39 Å². The number of hydrogen-bond donors (Lipinski definition) is 1. The molecule has 0 saturated carbocycles. The molecule has 0 aliphatic carbocycles. The smallest absolute Gasteiger partial charge is 0.0988 e. The van der Waals surface area contributed by atoms with Gasteiger partial charge in [-0.1, -0.05) is 11.6 Å².